The summed E-state index contributed by atoms with van der Waals surface area (Å²) in [7, 11) is 0. The summed E-state index contributed by atoms with van der Waals surface area (Å²) >= 11 is 0. The first-order chi connectivity index (χ1) is 11.8. The molecule has 0 spiro atoms. The Morgan fingerprint density at radius 3 is 2.12 bits per heavy atom. The average molecular weight is 334 g/mol. The van der Waals surface area contributed by atoms with Crippen molar-refractivity contribution in [3.8, 4) is 0 Å². The highest BCUT2D eigenvalue weighted by molar-refractivity contribution is 5.95. The molecular formula is C21H35NO2. The van der Waals surface area contributed by atoms with Crippen LogP contribution in [0.2, 0.25) is 0 Å². The minimum atomic E-state index is -0.0771. The van der Waals surface area contributed by atoms with E-state index in [0.717, 1.165) is 24.0 Å². The zero-order chi connectivity index (χ0) is 17.5. The Labute approximate surface area is 147 Å². The van der Waals surface area contributed by atoms with Crippen molar-refractivity contribution in [3.05, 3.63) is 35.4 Å². The summed E-state index contributed by atoms with van der Waals surface area (Å²) in [4.78, 5) is 12.1. The molecule has 0 radical (unpaired) electrons. The lowest BCUT2D eigenvalue weighted by atomic mass is 9.99. The first kappa shape index (κ1) is 20.7. The Morgan fingerprint density at radius 2 is 1.50 bits per heavy atom. The molecule has 1 aromatic carbocycles. The fourth-order valence-corrected chi connectivity index (χ4v) is 3.03. The molecule has 3 nitrogen and oxygen atoms in total. The highest BCUT2D eigenvalue weighted by Gasteiger charge is 2.09. The number of hydrogen-bond donors (Lipinski definition) is 2. The van der Waals surface area contributed by atoms with E-state index >= 15 is 0 Å². The first-order valence-corrected chi connectivity index (χ1v) is 9.76. The maximum Gasteiger partial charge on any atom is 0.251 e. The van der Waals surface area contributed by atoms with Gasteiger partial charge in [0.2, 0.25) is 0 Å². The highest BCUT2D eigenvalue weighted by atomic mass is 16.3. The monoisotopic (exact) mass is 333 g/mol. The van der Waals surface area contributed by atoms with Crippen LogP contribution in [0.15, 0.2) is 24.3 Å². The Morgan fingerprint density at radius 1 is 0.917 bits per heavy atom. The number of benzene rings is 1. The number of carbonyl (C=O) groups excluding carboxylic acids is 1. The number of aliphatic hydroxyl groups is 1. The van der Waals surface area contributed by atoms with E-state index in [0.29, 0.717) is 6.54 Å². The third kappa shape index (κ3) is 9.07. The third-order valence-electron chi connectivity index (χ3n) is 4.46. The molecule has 0 atom stereocenters. The molecule has 0 unspecified atom stereocenters. The second-order valence-electron chi connectivity index (χ2n) is 6.57. The van der Waals surface area contributed by atoms with Crippen LogP contribution in [0.1, 0.15) is 87.1 Å². The highest BCUT2D eigenvalue weighted by Crippen LogP contribution is 2.15. The Kier molecular flexibility index (Phi) is 12.1. The largest absolute Gasteiger partial charge is 0.395 e. The molecule has 24 heavy (non-hydrogen) atoms. The molecule has 0 heterocycles. The molecule has 1 amide bonds. The minimum Gasteiger partial charge on any atom is -0.395 e. The van der Waals surface area contributed by atoms with Crippen molar-refractivity contribution in [1.82, 2.24) is 5.32 Å². The second kappa shape index (κ2) is 14.0. The van der Waals surface area contributed by atoms with Crippen LogP contribution in [0, 0.1) is 0 Å². The van der Waals surface area contributed by atoms with Crippen LogP contribution in [0.25, 0.3) is 0 Å². The van der Waals surface area contributed by atoms with Gasteiger partial charge in [0.05, 0.1) is 6.61 Å². The molecule has 0 bridgehead atoms. The maximum absolute atomic E-state index is 12.1. The molecule has 2 N–H and O–H groups in total. The van der Waals surface area contributed by atoms with Crippen LogP contribution in [-0.2, 0) is 6.42 Å². The van der Waals surface area contributed by atoms with Crippen molar-refractivity contribution in [2.45, 2.75) is 77.6 Å². The molecule has 136 valence electrons. The van der Waals surface area contributed by atoms with Gasteiger partial charge >= 0.3 is 0 Å². The summed E-state index contributed by atoms with van der Waals surface area (Å²) in [6, 6.07) is 7.81. The molecule has 0 saturated heterocycles. The maximum atomic E-state index is 12.1. The normalized spacial score (nSPS) is 10.8. The van der Waals surface area contributed by atoms with Crippen molar-refractivity contribution in [1.29, 1.82) is 0 Å². The average Bonchev–Trinajstić information content (AvgIpc) is 2.61. The van der Waals surface area contributed by atoms with E-state index in [4.69, 9.17) is 5.11 Å². The van der Waals surface area contributed by atoms with E-state index in [9.17, 15) is 4.79 Å². The lowest BCUT2D eigenvalue weighted by Crippen LogP contribution is -2.27. The van der Waals surface area contributed by atoms with E-state index in [1.807, 2.05) is 24.3 Å². The fourth-order valence-electron chi connectivity index (χ4n) is 3.03. The number of nitrogens with one attached hydrogen (secondary N) is 1. The summed E-state index contributed by atoms with van der Waals surface area (Å²) in [5.41, 5.74) is 1.87. The van der Waals surface area contributed by atoms with E-state index in [1.165, 1.54) is 57.8 Å². The summed E-state index contributed by atoms with van der Waals surface area (Å²) in [6.07, 6.45) is 14.2. The second-order valence-corrected chi connectivity index (χ2v) is 6.57. The van der Waals surface area contributed by atoms with Gasteiger partial charge in [0, 0.05) is 12.1 Å². The van der Waals surface area contributed by atoms with Crippen LogP contribution < -0.4 is 5.32 Å². The predicted octanol–water partition coefficient (Wildman–Crippen LogP) is 4.87. The van der Waals surface area contributed by atoms with Gasteiger partial charge in [-0.1, -0.05) is 82.9 Å². The Hall–Kier alpha value is -1.35. The third-order valence-corrected chi connectivity index (χ3v) is 4.46. The van der Waals surface area contributed by atoms with Gasteiger partial charge in [0.15, 0.2) is 0 Å². The topological polar surface area (TPSA) is 49.3 Å². The van der Waals surface area contributed by atoms with Crippen molar-refractivity contribution < 1.29 is 9.90 Å². The molecule has 3 heteroatoms. The summed E-state index contributed by atoms with van der Waals surface area (Å²) in [5.74, 6) is -0.0771. The molecule has 0 aliphatic heterocycles. The van der Waals surface area contributed by atoms with E-state index in [2.05, 4.69) is 12.2 Å². The van der Waals surface area contributed by atoms with Gasteiger partial charge in [-0.15, -0.1) is 0 Å². The van der Waals surface area contributed by atoms with Gasteiger partial charge in [0.1, 0.15) is 0 Å². The number of hydrogen-bond acceptors (Lipinski definition) is 2. The molecule has 0 aromatic heterocycles. The Bertz CT molecular complexity index is 445. The lowest BCUT2D eigenvalue weighted by Gasteiger charge is -2.09. The van der Waals surface area contributed by atoms with Crippen molar-refractivity contribution in [3.63, 3.8) is 0 Å². The van der Waals surface area contributed by atoms with E-state index in [1.54, 1.807) is 0 Å². The standard InChI is InChI=1S/C21H35NO2/c1-2-3-4-5-6-7-8-9-10-11-14-19-15-12-13-16-20(19)21(24)22-17-18-23/h12-13,15-16,23H,2-11,14,17-18H2,1H3,(H,22,24). The summed E-state index contributed by atoms with van der Waals surface area (Å²) < 4.78 is 0. The van der Waals surface area contributed by atoms with Crippen LogP contribution >= 0.6 is 0 Å². The van der Waals surface area contributed by atoms with Gasteiger partial charge < -0.3 is 10.4 Å². The van der Waals surface area contributed by atoms with Crippen molar-refractivity contribution in [2.75, 3.05) is 13.2 Å². The van der Waals surface area contributed by atoms with Gasteiger partial charge in [-0.25, -0.2) is 0 Å². The predicted molar refractivity (Wildman–Crippen MR) is 101 cm³/mol. The Balaban J connectivity index is 2.17. The smallest absolute Gasteiger partial charge is 0.251 e. The first-order valence-electron chi connectivity index (χ1n) is 9.76. The number of rotatable bonds is 14. The number of amides is 1. The van der Waals surface area contributed by atoms with Gasteiger partial charge in [0.25, 0.3) is 5.91 Å². The van der Waals surface area contributed by atoms with Crippen molar-refractivity contribution >= 4 is 5.91 Å². The van der Waals surface area contributed by atoms with Gasteiger partial charge in [-0.05, 0) is 24.5 Å². The number of carbonyl (C=O) groups is 1. The fraction of sp³-hybridized carbons (Fsp3) is 0.667. The van der Waals surface area contributed by atoms with Crippen LogP contribution in [-0.4, -0.2) is 24.2 Å². The molecule has 0 aliphatic rings. The SMILES string of the molecule is CCCCCCCCCCCCc1ccccc1C(=O)NCCO. The van der Waals surface area contributed by atoms with Gasteiger partial charge in [-0.3, -0.25) is 4.79 Å². The summed E-state index contributed by atoms with van der Waals surface area (Å²) in [5, 5.41) is 11.6. The molecule has 1 aromatic rings. The number of aryl methyl sites for hydroxylation is 1. The lowest BCUT2D eigenvalue weighted by molar-refractivity contribution is 0.0944. The van der Waals surface area contributed by atoms with Gasteiger partial charge in [-0.2, -0.15) is 0 Å². The minimum absolute atomic E-state index is 0.0215. The van der Waals surface area contributed by atoms with Crippen LogP contribution in [0.3, 0.4) is 0 Å². The molecule has 1 rings (SSSR count). The number of aliphatic hydroxyl groups excluding tert-OH is 1. The van der Waals surface area contributed by atoms with Crippen molar-refractivity contribution in [2.24, 2.45) is 0 Å². The molecule has 0 saturated carbocycles. The molecule has 0 fully saturated rings. The van der Waals surface area contributed by atoms with E-state index in [-0.39, 0.29) is 12.5 Å². The van der Waals surface area contributed by atoms with E-state index < -0.39 is 0 Å². The number of unbranched alkanes of at least 4 members (excludes halogenated alkanes) is 9. The molecule has 0 aliphatic carbocycles. The van der Waals surface area contributed by atoms with Crippen LogP contribution in [0.4, 0.5) is 0 Å². The zero-order valence-electron chi connectivity index (χ0n) is 15.4. The quantitative estimate of drug-likeness (QED) is 0.477. The molecular weight excluding hydrogens is 298 g/mol. The zero-order valence-corrected chi connectivity index (χ0v) is 15.4. The summed E-state index contributed by atoms with van der Waals surface area (Å²) in [6.45, 7) is 2.55. The van der Waals surface area contributed by atoms with Crippen LogP contribution in [0.5, 0.6) is 0 Å².